The summed E-state index contributed by atoms with van der Waals surface area (Å²) < 4.78 is 22.9. The van der Waals surface area contributed by atoms with E-state index >= 15 is 0 Å². The minimum Gasteiger partial charge on any atom is -0.301 e. The van der Waals surface area contributed by atoms with Crippen molar-refractivity contribution in [3.63, 3.8) is 0 Å². The molecule has 0 unspecified atom stereocenters. The van der Waals surface area contributed by atoms with E-state index in [-0.39, 0.29) is 11.2 Å². The second kappa shape index (κ2) is 6.04. The molecule has 120 valence electrons. The first-order valence-corrected chi connectivity index (χ1v) is 9.44. The molecule has 0 atom stereocenters. The second-order valence-electron chi connectivity index (χ2n) is 6.57. The number of hydrogen-bond acceptors (Lipinski definition) is 5. The fourth-order valence-electron chi connectivity index (χ4n) is 1.59. The summed E-state index contributed by atoms with van der Waals surface area (Å²) in [5.74, 6) is -0.538. The molecule has 0 saturated heterocycles. The number of carbonyl (C=O) groups excluding carboxylic acids is 1. The maximum Gasteiger partial charge on any atom is 0.247 e. The van der Waals surface area contributed by atoms with Gasteiger partial charge in [0.2, 0.25) is 5.91 Å². The number of hydrogen-bond donors (Lipinski definition) is 1. The molecule has 1 aromatic rings. The summed E-state index contributed by atoms with van der Waals surface area (Å²) in [5.41, 5.74) is 0.764. The van der Waals surface area contributed by atoms with Crippen LogP contribution in [0.4, 0.5) is 5.13 Å². The van der Waals surface area contributed by atoms with E-state index in [4.69, 9.17) is 0 Å². The van der Waals surface area contributed by atoms with Crippen molar-refractivity contribution in [1.29, 1.82) is 0 Å². The minimum absolute atomic E-state index is 0.00146. The molecule has 0 aliphatic carbocycles. The fourth-order valence-corrected chi connectivity index (χ4v) is 3.90. The van der Waals surface area contributed by atoms with E-state index in [1.807, 2.05) is 26.2 Å². The van der Waals surface area contributed by atoms with Crippen LogP contribution in [0.15, 0.2) is 5.38 Å². The highest BCUT2D eigenvalue weighted by Crippen LogP contribution is 2.28. The minimum atomic E-state index is -3.49. The van der Waals surface area contributed by atoms with Crippen molar-refractivity contribution in [2.75, 3.05) is 11.1 Å². The molecule has 1 aromatic heterocycles. The quantitative estimate of drug-likeness (QED) is 0.899. The average molecular weight is 332 g/mol. The van der Waals surface area contributed by atoms with Crippen molar-refractivity contribution in [3.05, 3.63) is 11.1 Å². The summed E-state index contributed by atoms with van der Waals surface area (Å²) >= 11 is 1.31. The van der Waals surface area contributed by atoms with E-state index in [1.165, 1.54) is 25.2 Å². The molecule has 1 amide bonds. The Morgan fingerprint density at radius 2 is 1.86 bits per heavy atom. The molecule has 0 aliphatic rings. The van der Waals surface area contributed by atoms with E-state index in [0.717, 1.165) is 5.69 Å². The lowest BCUT2D eigenvalue weighted by molar-refractivity contribution is -0.117. The van der Waals surface area contributed by atoms with Gasteiger partial charge in [-0.1, -0.05) is 27.7 Å². The summed E-state index contributed by atoms with van der Waals surface area (Å²) in [4.78, 5) is 16.6. The molecule has 0 radical (unpaired) electrons. The first-order chi connectivity index (χ1) is 9.41. The summed E-state index contributed by atoms with van der Waals surface area (Å²) in [6.07, 6.45) is 0.491. The van der Waals surface area contributed by atoms with Crippen LogP contribution in [0.25, 0.3) is 0 Å². The van der Waals surface area contributed by atoms with Gasteiger partial charge in [-0.05, 0) is 20.3 Å². The van der Waals surface area contributed by atoms with Crippen LogP contribution >= 0.6 is 11.3 Å². The van der Waals surface area contributed by atoms with Gasteiger partial charge in [-0.15, -0.1) is 11.3 Å². The Labute approximate surface area is 131 Å². The predicted octanol–water partition coefficient (Wildman–Crippen LogP) is 2.98. The highest BCUT2D eigenvalue weighted by atomic mass is 32.2. The lowest BCUT2D eigenvalue weighted by Gasteiger charge is -2.22. The maximum absolute atomic E-state index is 12.3. The van der Waals surface area contributed by atoms with Crippen molar-refractivity contribution < 1.29 is 13.2 Å². The van der Waals surface area contributed by atoms with Crippen LogP contribution in [0.5, 0.6) is 0 Å². The number of aromatic nitrogens is 1. The highest BCUT2D eigenvalue weighted by molar-refractivity contribution is 7.93. The molecular formula is C14H24N2O3S2. The van der Waals surface area contributed by atoms with E-state index in [1.54, 1.807) is 6.92 Å². The Morgan fingerprint density at radius 3 is 2.29 bits per heavy atom. The summed E-state index contributed by atoms with van der Waals surface area (Å²) in [5, 5.41) is 4.94. The third-order valence-corrected chi connectivity index (χ3v) is 6.73. The zero-order valence-electron chi connectivity index (χ0n) is 13.5. The monoisotopic (exact) mass is 332 g/mol. The van der Waals surface area contributed by atoms with Crippen LogP contribution in [0.3, 0.4) is 0 Å². The van der Waals surface area contributed by atoms with Gasteiger partial charge >= 0.3 is 0 Å². The molecule has 1 N–H and O–H groups in total. The maximum atomic E-state index is 12.3. The van der Waals surface area contributed by atoms with Gasteiger partial charge in [0.15, 0.2) is 15.0 Å². The molecule has 0 spiro atoms. The summed E-state index contributed by atoms with van der Waals surface area (Å²) in [6, 6.07) is 0. The summed E-state index contributed by atoms with van der Waals surface area (Å²) in [6.45, 7) is 10.7. The third-order valence-electron chi connectivity index (χ3n) is 3.29. The average Bonchev–Trinajstić information content (AvgIpc) is 2.76. The molecule has 7 heteroatoms. The molecular weight excluding hydrogens is 308 g/mol. The smallest absolute Gasteiger partial charge is 0.247 e. The SMILES string of the molecule is CCCS(=O)(=O)C(C)(C)C(=O)Nc1nc(C(C)(C)C)cs1. The standard InChI is InChI=1S/C14H24N2O3S2/c1-7-8-21(18,19)14(5,6)11(17)16-12-15-10(9-20-12)13(2,3)4/h9H,7-8H2,1-6H3,(H,15,16,17). The van der Waals surface area contributed by atoms with Crippen molar-refractivity contribution in [2.24, 2.45) is 0 Å². The second-order valence-corrected chi connectivity index (χ2v) is 10.1. The molecule has 1 heterocycles. The molecule has 0 bridgehead atoms. The Bertz CT molecular complexity index is 610. The van der Waals surface area contributed by atoms with E-state index in [9.17, 15) is 13.2 Å². The van der Waals surface area contributed by atoms with Crippen molar-refractivity contribution in [1.82, 2.24) is 4.98 Å². The molecule has 0 aromatic carbocycles. The van der Waals surface area contributed by atoms with E-state index in [2.05, 4.69) is 10.3 Å². The fraction of sp³-hybridized carbons (Fsp3) is 0.714. The lowest BCUT2D eigenvalue weighted by Crippen LogP contribution is -2.45. The van der Waals surface area contributed by atoms with Gasteiger partial charge in [0.25, 0.3) is 0 Å². The van der Waals surface area contributed by atoms with Crippen LogP contribution < -0.4 is 5.32 Å². The number of anilines is 1. The van der Waals surface area contributed by atoms with Crippen LogP contribution in [0, 0.1) is 0 Å². The van der Waals surface area contributed by atoms with Gasteiger partial charge in [0, 0.05) is 10.8 Å². The number of thiazole rings is 1. The van der Waals surface area contributed by atoms with Crippen LogP contribution in [0.1, 0.15) is 53.7 Å². The molecule has 1 rings (SSSR count). The van der Waals surface area contributed by atoms with Crippen LogP contribution in [0.2, 0.25) is 0 Å². The molecule has 0 fully saturated rings. The first kappa shape index (κ1) is 18.1. The first-order valence-electron chi connectivity index (χ1n) is 6.91. The number of rotatable bonds is 5. The Balaban J connectivity index is 2.93. The molecule has 21 heavy (non-hydrogen) atoms. The van der Waals surface area contributed by atoms with Gasteiger partial charge in [0.1, 0.15) is 4.75 Å². The molecule has 0 aliphatic heterocycles. The number of nitrogens with zero attached hydrogens (tertiary/aromatic N) is 1. The number of carbonyl (C=O) groups is 1. The third kappa shape index (κ3) is 4.03. The zero-order chi connectivity index (χ0) is 16.5. The van der Waals surface area contributed by atoms with Gasteiger partial charge < -0.3 is 5.32 Å². The predicted molar refractivity (Wildman–Crippen MR) is 87.6 cm³/mol. The zero-order valence-corrected chi connectivity index (χ0v) is 15.1. The highest BCUT2D eigenvalue weighted by Gasteiger charge is 2.41. The lowest BCUT2D eigenvalue weighted by atomic mass is 9.93. The Morgan fingerprint density at radius 1 is 1.29 bits per heavy atom. The Kier molecular flexibility index (Phi) is 5.21. The number of nitrogens with one attached hydrogen (secondary N) is 1. The van der Waals surface area contributed by atoms with E-state index in [0.29, 0.717) is 11.6 Å². The van der Waals surface area contributed by atoms with Crippen LogP contribution in [-0.2, 0) is 20.0 Å². The molecule has 5 nitrogen and oxygen atoms in total. The van der Waals surface area contributed by atoms with Crippen molar-refractivity contribution in [3.8, 4) is 0 Å². The molecule has 0 saturated carbocycles. The van der Waals surface area contributed by atoms with Gasteiger partial charge in [-0.2, -0.15) is 0 Å². The number of sulfone groups is 1. The van der Waals surface area contributed by atoms with Gasteiger partial charge in [-0.3, -0.25) is 4.79 Å². The summed E-state index contributed by atoms with van der Waals surface area (Å²) in [7, 11) is -3.49. The van der Waals surface area contributed by atoms with Crippen LogP contribution in [-0.4, -0.2) is 29.8 Å². The van der Waals surface area contributed by atoms with Crippen molar-refractivity contribution in [2.45, 2.75) is 58.1 Å². The largest absolute Gasteiger partial charge is 0.301 e. The van der Waals surface area contributed by atoms with E-state index < -0.39 is 20.5 Å². The van der Waals surface area contributed by atoms with Gasteiger partial charge in [0.05, 0.1) is 11.4 Å². The number of amides is 1. The van der Waals surface area contributed by atoms with Gasteiger partial charge in [-0.25, -0.2) is 13.4 Å². The normalized spacial score (nSPS) is 13.2. The van der Waals surface area contributed by atoms with Crippen molar-refractivity contribution >= 4 is 32.2 Å². The topological polar surface area (TPSA) is 76.1 Å². The Hall–Kier alpha value is -0.950.